The van der Waals surface area contributed by atoms with Crippen LogP contribution in [0.25, 0.3) is 11.1 Å². The number of carbonyl (C=O) groups excluding carboxylic acids is 8. The summed E-state index contributed by atoms with van der Waals surface area (Å²) in [6.45, 7) is 6.82. The average Bonchev–Trinajstić information content (AvgIpc) is 0.775. The molecule has 7 heterocycles. The number of fused-ring (bicyclic) bond motifs is 15. The molecule has 0 aromatic heterocycles. The zero-order valence-corrected chi connectivity index (χ0v) is 56.8. The summed E-state index contributed by atoms with van der Waals surface area (Å²) in [6, 6.07) is 5.83. The lowest BCUT2D eigenvalue weighted by Gasteiger charge is -2.47. The van der Waals surface area contributed by atoms with E-state index in [4.69, 9.17) is 63.1 Å². The van der Waals surface area contributed by atoms with Crippen LogP contribution < -0.4 is 52.3 Å². The van der Waals surface area contributed by atoms with Crippen molar-refractivity contribution < 1.29 is 113 Å². The average molecular weight is 1450 g/mol. The third-order valence-electron chi connectivity index (χ3n) is 18.5. The maximum Gasteiger partial charge on any atom is 0.246 e. The van der Waals surface area contributed by atoms with E-state index in [1.54, 1.807) is 0 Å². The van der Waals surface area contributed by atoms with E-state index in [2.05, 4.69) is 26.6 Å². The van der Waals surface area contributed by atoms with Crippen molar-refractivity contribution in [1.29, 1.82) is 0 Å². The number of amides is 5. The van der Waals surface area contributed by atoms with E-state index in [1.165, 1.54) is 63.4 Å². The van der Waals surface area contributed by atoms with Gasteiger partial charge in [0.1, 0.15) is 83.4 Å². The molecule has 18 N–H and O–H groups in total. The molecule has 5 amide bonds. The first-order valence-corrected chi connectivity index (χ1v) is 33.1. The minimum Gasteiger partial charge on any atom is -0.508 e. The number of ketones is 3. The van der Waals surface area contributed by atoms with Crippen LogP contribution in [-0.4, -0.2) is 179 Å². The predicted molar refractivity (Wildman–Crippen MR) is 355 cm³/mol. The summed E-state index contributed by atoms with van der Waals surface area (Å²) in [7, 11) is 1.50. The second-order valence-corrected chi connectivity index (χ2v) is 27.4. The first-order chi connectivity index (χ1) is 47.7. The third kappa shape index (κ3) is 16.0. The van der Waals surface area contributed by atoms with Crippen LogP contribution in [0, 0.1) is 11.8 Å². The van der Waals surface area contributed by atoms with Crippen molar-refractivity contribution in [1.82, 2.24) is 26.6 Å². The van der Waals surface area contributed by atoms with Crippen LogP contribution in [0.15, 0.2) is 78.9 Å². The van der Waals surface area contributed by atoms with Gasteiger partial charge in [0, 0.05) is 48.4 Å². The number of primary amides is 1. The van der Waals surface area contributed by atoms with Crippen LogP contribution >= 0.6 is 23.2 Å². The second-order valence-electron chi connectivity index (χ2n) is 26.6. The van der Waals surface area contributed by atoms with Crippen LogP contribution in [0.2, 0.25) is 10.0 Å². The highest BCUT2D eigenvalue weighted by Gasteiger charge is 2.51. The van der Waals surface area contributed by atoms with Crippen LogP contribution in [0.3, 0.4) is 0 Å². The van der Waals surface area contributed by atoms with E-state index in [-0.39, 0.29) is 79.2 Å². The lowest BCUT2D eigenvalue weighted by molar-refractivity contribution is -0.333. The maximum absolute atomic E-state index is 16.2. The Balaban J connectivity index is 1.24. The van der Waals surface area contributed by atoms with Crippen LogP contribution in [0.1, 0.15) is 125 Å². The number of ether oxygens (including phenoxy) is 6. The largest absolute Gasteiger partial charge is 0.508 e. The molecule has 0 radical (unpaired) electrons. The van der Waals surface area contributed by atoms with E-state index in [0.717, 1.165) is 43.3 Å². The molecule has 30 nitrogen and oxygen atoms in total. The minimum atomic E-state index is -2.17. The smallest absolute Gasteiger partial charge is 0.246 e. The van der Waals surface area contributed by atoms with Crippen molar-refractivity contribution in [2.75, 3.05) is 13.7 Å². The Kier molecular flexibility index (Phi) is 22.7. The Labute approximate surface area is 587 Å². The summed E-state index contributed by atoms with van der Waals surface area (Å²) in [5.74, 6) is -16.7. The number of aromatic hydroxyl groups is 3. The van der Waals surface area contributed by atoms with Gasteiger partial charge in [-0.2, -0.15) is 0 Å². The number of rotatable bonds is 13. The zero-order valence-electron chi connectivity index (χ0n) is 55.3. The topological polar surface area (TPSA) is 486 Å². The van der Waals surface area contributed by atoms with E-state index in [1.807, 2.05) is 13.8 Å². The standard InChI is InChI=1S/C69H79Cl2N7O23/c1-26(2)13-40(74-6)66(94)77-55-43(84)17-33(20-50(72)86)64(92)76-54-32-18-47(97-45-11-8-30(57(55)87)15-38(45)70)61(101-68-62(60(90)59(89)49(25-79)99-68)100-51-24-69(5,73)63(91)28(4)96-51)48(19-32)98-46-12-9-31(16-39(46)71)58(88)56-67(95)75-53(27(3)80)37-21-34(81)22-42(83)52(37)36-14-29(7-10-41(36)82)35(23-44(54)85)65(93)78-56/h7-12,14-16,18-19,21-22,26,28,33,35,40,49,51,53-60,62-63,68,74,79,81-83,87-91H,13,17,20,23-25,73H2,1-6H3,(H2,72,86)(H,75,95)(H,76,92)(H,77,94)(H,78,93). The van der Waals surface area contributed by atoms with Crippen molar-refractivity contribution >= 4 is 70.1 Å². The first kappa shape index (κ1) is 75.1. The molecule has 18 atom stereocenters. The normalized spacial score (nSPS) is 29.6. The summed E-state index contributed by atoms with van der Waals surface area (Å²) < 4.78 is 38.5. The molecule has 542 valence electrons. The summed E-state index contributed by atoms with van der Waals surface area (Å²) >= 11 is 14.2. The summed E-state index contributed by atoms with van der Waals surface area (Å²) in [6.07, 6.45) is -20.0. The van der Waals surface area contributed by atoms with Gasteiger partial charge < -0.3 is 112 Å². The van der Waals surface area contributed by atoms with Crippen LogP contribution in [0.4, 0.5) is 0 Å². The number of nitrogens with one attached hydrogen (secondary N) is 5. The number of halogens is 2. The molecule has 11 bridgehead atoms. The van der Waals surface area contributed by atoms with Gasteiger partial charge in [0.25, 0.3) is 0 Å². The molecule has 5 aromatic carbocycles. The molecular formula is C69H79Cl2N7O23. The molecule has 0 saturated carbocycles. The third-order valence-corrected chi connectivity index (χ3v) is 19.1. The van der Waals surface area contributed by atoms with Gasteiger partial charge in [-0.3, -0.25) is 38.4 Å². The van der Waals surface area contributed by atoms with E-state index in [9.17, 15) is 69.9 Å². The van der Waals surface area contributed by atoms with Gasteiger partial charge in [0.2, 0.25) is 41.6 Å². The number of likely N-dealkylation sites (N-methyl/N-ethyl adjacent to an activating group) is 1. The van der Waals surface area contributed by atoms with E-state index < -0.39 is 216 Å². The molecule has 7 aliphatic heterocycles. The molecule has 32 heteroatoms. The van der Waals surface area contributed by atoms with Gasteiger partial charge >= 0.3 is 0 Å². The molecule has 7 aliphatic rings. The fourth-order valence-electron chi connectivity index (χ4n) is 13.1. The summed E-state index contributed by atoms with van der Waals surface area (Å²) in [5, 5.41) is 116. The molecular weight excluding hydrogens is 1370 g/mol. The maximum atomic E-state index is 16.2. The molecule has 0 spiro atoms. The second kappa shape index (κ2) is 30.5. The molecule has 5 aromatic rings. The van der Waals surface area contributed by atoms with Gasteiger partial charge in [0.15, 0.2) is 41.2 Å². The number of hydrogen-bond acceptors (Lipinski definition) is 25. The number of aliphatic hydroxyl groups is 6. The minimum absolute atomic E-state index is 0.0692. The molecule has 18 unspecified atom stereocenters. The number of benzene rings is 5. The van der Waals surface area contributed by atoms with Crippen molar-refractivity contribution in [2.45, 2.75) is 170 Å². The van der Waals surface area contributed by atoms with Crippen molar-refractivity contribution in [3.63, 3.8) is 0 Å². The summed E-state index contributed by atoms with van der Waals surface area (Å²) in [5.41, 5.74) is 9.18. The number of hydrogen-bond donors (Lipinski definition) is 16. The molecule has 101 heavy (non-hydrogen) atoms. The van der Waals surface area contributed by atoms with Crippen LogP contribution in [-0.2, 0) is 52.6 Å². The fourth-order valence-corrected chi connectivity index (χ4v) is 13.6. The SMILES string of the molecule is CNC(CC(C)C)C(=O)NC1C(=O)CC(CC(N)=O)C(=O)NC2C(=O)CC3C(=O)NC(C(=O)NC(C(C)=O)c4cc(O)cc(O)c4-c4cc3ccc4O)C(O)c3ccc(c(Cl)c3)Oc3cc2cc(c3OC2OC(CO)C(O)C(O)C2OC2CC(C)(N)C(O)C(C)O2)Oc2ccc(cc2Cl)C1O. The number of nitrogens with two attached hydrogens (primary N) is 2. The molecule has 12 rings (SSSR count). The highest BCUT2D eigenvalue weighted by Crippen LogP contribution is 2.50. The highest BCUT2D eigenvalue weighted by molar-refractivity contribution is 6.32. The van der Waals surface area contributed by atoms with Crippen molar-refractivity contribution in [3.05, 3.63) is 117 Å². The molecule has 2 fully saturated rings. The first-order valence-electron chi connectivity index (χ1n) is 32.3. The van der Waals surface area contributed by atoms with Crippen molar-refractivity contribution in [2.24, 2.45) is 23.3 Å². The van der Waals surface area contributed by atoms with Crippen LogP contribution in [0.5, 0.6) is 46.0 Å². The Morgan fingerprint density at radius 2 is 1.38 bits per heavy atom. The van der Waals surface area contributed by atoms with Gasteiger partial charge in [-0.05, 0) is 123 Å². The number of Topliss-reactive ketones (excluding diaryl/α,β-unsaturated/α-hetero) is 3. The number of phenolic OH excluding ortho intramolecular Hbond substituents is 3. The lowest BCUT2D eigenvalue weighted by Crippen LogP contribution is -2.64. The van der Waals surface area contributed by atoms with E-state index >= 15 is 14.4 Å². The number of phenols is 3. The number of aliphatic hydroxyl groups excluding tert-OH is 6. The monoisotopic (exact) mass is 1440 g/mol. The Hall–Kier alpha value is -8.60. The van der Waals surface area contributed by atoms with Gasteiger partial charge in [0.05, 0.1) is 46.7 Å². The number of carbonyl (C=O) groups is 8. The van der Waals surface area contributed by atoms with E-state index in [0.29, 0.717) is 0 Å². The quantitative estimate of drug-likeness (QED) is 0.0805. The zero-order chi connectivity index (χ0) is 73.5. The van der Waals surface area contributed by atoms with Gasteiger partial charge in [-0.1, -0.05) is 55.2 Å². The lowest BCUT2D eigenvalue weighted by atomic mass is 9.84. The summed E-state index contributed by atoms with van der Waals surface area (Å²) in [4.78, 5) is 118. The molecule has 2 saturated heterocycles. The highest BCUT2D eigenvalue weighted by atomic mass is 35.5. The Morgan fingerprint density at radius 1 is 0.743 bits per heavy atom. The molecule has 0 aliphatic carbocycles. The predicted octanol–water partition coefficient (Wildman–Crippen LogP) is 2.59. The van der Waals surface area contributed by atoms with Crippen molar-refractivity contribution in [3.8, 4) is 57.1 Å². The van der Waals surface area contributed by atoms with Gasteiger partial charge in [-0.15, -0.1) is 0 Å². The Morgan fingerprint density at radius 3 is 1.96 bits per heavy atom. The Bertz CT molecular complexity index is 4070. The van der Waals surface area contributed by atoms with Gasteiger partial charge in [-0.25, -0.2) is 0 Å². The fraction of sp³-hybridized carbons (Fsp3) is 0.449.